The molecule has 1 saturated carbocycles. The van der Waals surface area contributed by atoms with Gasteiger partial charge in [-0.2, -0.15) is 0 Å². The minimum absolute atomic E-state index is 0.241. The Kier molecular flexibility index (Phi) is 3.55. The first-order valence-corrected chi connectivity index (χ1v) is 6.02. The predicted molar refractivity (Wildman–Crippen MR) is 63.5 cm³/mol. The molecule has 0 spiro atoms. The van der Waals surface area contributed by atoms with Crippen LogP contribution in [0.25, 0.3) is 0 Å². The van der Waals surface area contributed by atoms with Gasteiger partial charge in [-0.25, -0.2) is 0 Å². The Hall–Kier alpha value is -0.240. The van der Waals surface area contributed by atoms with Crippen LogP contribution >= 0.6 is 23.2 Å². The lowest BCUT2D eigenvalue weighted by molar-refractivity contribution is 0.158. The number of halogens is 2. The summed E-state index contributed by atoms with van der Waals surface area (Å²) in [5, 5.41) is 10.9. The van der Waals surface area contributed by atoms with Crippen LogP contribution < -0.4 is 0 Å². The first kappa shape index (κ1) is 11.3. The molecule has 1 fully saturated rings. The molecule has 1 aromatic rings. The van der Waals surface area contributed by atoms with Crippen molar-refractivity contribution in [2.45, 2.75) is 31.8 Å². The zero-order valence-corrected chi connectivity index (χ0v) is 9.93. The topological polar surface area (TPSA) is 20.2 Å². The standard InChI is InChI=1S/C12H14Cl2O/c13-11-4-3-9(7-12(11)14)6-10(15)5-8-1-2-8/h3-4,7-8,10,15H,1-2,5-6H2. The lowest BCUT2D eigenvalue weighted by Crippen LogP contribution is -2.11. The van der Waals surface area contributed by atoms with Crippen LogP contribution in [0.5, 0.6) is 0 Å². The van der Waals surface area contributed by atoms with Gasteiger partial charge in [0.25, 0.3) is 0 Å². The van der Waals surface area contributed by atoms with Gasteiger partial charge in [0.05, 0.1) is 16.1 Å². The van der Waals surface area contributed by atoms with Crippen molar-refractivity contribution in [3.63, 3.8) is 0 Å². The van der Waals surface area contributed by atoms with Crippen LogP contribution in [0.2, 0.25) is 10.0 Å². The van der Waals surface area contributed by atoms with Gasteiger partial charge in [-0.15, -0.1) is 0 Å². The molecule has 0 saturated heterocycles. The van der Waals surface area contributed by atoms with E-state index in [1.54, 1.807) is 6.07 Å². The molecular formula is C12H14Cl2O. The highest BCUT2D eigenvalue weighted by atomic mass is 35.5. The van der Waals surface area contributed by atoms with Crippen LogP contribution in [0.3, 0.4) is 0 Å². The average molecular weight is 245 g/mol. The molecule has 0 aromatic heterocycles. The molecule has 1 aliphatic carbocycles. The second-order valence-electron chi connectivity index (χ2n) is 4.29. The van der Waals surface area contributed by atoms with E-state index in [2.05, 4.69) is 0 Å². The van der Waals surface area contributed by atoms with E-state index in [0.717, 1.165) is 17.9 Å². The first-order chi connectivity index (χ1) is 7.15. The van der Waals surface area contributed by atoms with Crippen LogP contribution in [-0.2, 0) is 6.42 Å². The average Bonchev–Trinajstić information content (AvgIpc) is 2.95. The molecule has 82 valence electrons. The third kappa shape index (κ3) is 3.37. The quantitative estimate of drug-likeness (QED) is 0.857. The van der Waals surface area contributed by atoms with Crippen molar-refractivity contribution >= 4 is 23.2 Å². The van der Waals surface area contributed by atoms with E-state index >= 15 is 0 Å². The fourth-order valence-electron chi connectivity index (χ4n) is 1.76. The lowest BCUT2D eigenvalue weighted by Gasteiger charge is -2.10. The number of aliphatic hydroxyl groups excluding tert-OH is 1. The van der Waals surface area contributed by atoms with Crippen LogP contribution in [0.15, 0.2) is 18.2 Å². The Labute approximate surface area is 100 Å². The third-order valence-corrected chi connectivity index (χ3v) is 3.50. The number of rotatable bonds is 4. The molecule has 15 heavy (non-hydrogen) atoms. The summed E-state index contributed by atoms with van der Waals surface area (Å²) in [5.41, 5.74) is 1.05. The Morgan fingerprint density at radius 2 is 2.00 bits per heavy atom. The molecular weight excluding hydrogens is 231 g/mol. The zero-order chi connectivity index (χ0) is 10.8. The van der Waals surface area contributed by atoms with Crippen molar-refractivity contribution < 1.29 is 5.11 Å². The highest BCUT2D eigenvalue weighted by Gasteiger charge is 2.24. The van der Waals surface area contributed by atoms with Crippen molar-refractivity contribution in [2.24, 2.45) is 5.92 Å². The number of benzene rings is 1. The minimum atomic E-state index is -0.241. The van der Waals surface area contributed by atoms with E-state index < -0.39 is 0 Å². The summed E-state index contributed by atoms with van der Waals surface area (Å²) in [6.45, 7) is 0. The molecule has 0 aliphatic heterocycles. The van der Waals surface area contributed by atoms with Gasteiger partial charge in [-0.05, 0) is 36.5 Å². The zero-order valence-electron chi connectivity index (χ0n) is 8.42. The molecule has 0 heterocycles. The van der Waals surface area contributed by atoms with Gasteiger partial charge in [0, 0.05) is 0 Å². The molecule has 1 aliphatic rings. The summed E-state index contributed by atoms with van der Waals surface area (Å²) < 4.78 is 0. The summed E-state index contributed by atoms with van der Waals surface area (Å²) in [6.07, 6.45) is 3.90. The van der Waals surface area contributed by atoms with Crippen LogP contribution in [0.1, 0.15) is 24.8 Å². The number of hydrogen-bond acceptors (Lipinski definition) is 1. The molecule has 1 unspecified atom stereocenters. The van der Waals surface area contributed by atoms with E-state index in [1.165, 1.54) is 12.8 Å². The molecule has 0 radical (unpaired) electrons. The van der Waals surface area contributed by atoms with E-state index in [1.807, 2.05) is 12.1 Å². The van der Waals surface area contributed by atoms with Crippen LogP contribution in [0.4, 0.5) is 0 Å². The Morgan fingerprint density at radius 1 is 1.27 bits per heavy atom. The van der Waals surface area contributed by atoms with Crippen LogP contribution in [-0.4, -0.2) is 11.2 Å². The maximum Gasteiger partial charge on any atom is 0.0595 e. The van der Waals surface area contributed by atoms with Crippen molar-refractivity contribution in [2.75, 3.05) is 0 Å². The van der Waals surface area contributed by atoms with Gasteiger partial charge in [-0.1, -0.05) is 42.1 Å². The second-order valence-corrected chi connectivity index (χ2v) is 5.10. The second kappa shape index (κ2) is 4.73. The van der Waals surface area contributed by atoms with Gasteiger partial charge in [0.2, 0.25) is 0 Å². The van der Waals surface area contributed by atoms with Gasteiger partial charge in [0.1, 0.15) is 0 Å². The lowest BCUT2D eigenvalue weighted by atomic mass is 10.0. The van der Waals surface area contributed by atoms with Gasteiger partial charge < -0.3 is 5.11 Å². The van der Waals surface area contributed by atoms with Gasteiger partial charge in [-0.3, -0.25) is 0 Å². The smallest absolute Gasteiger partial charge is 0.0595 e. The summed E-state index contributed by atoms with van der Waals surface area (Å²) >= 11 is 11.7. The monoisotopic (exact) mass is 244 g/mol. The molecule has 1 atom stereocenters. The van der Waals surface area contributed by atoms with Gasteiger partial charge in [0.15, 0.2) is 0 Å². The van der Waals surface area contributed by atoms with Crippen LogP contribution in [0, 0.1) is 5.92 Å². The van der Waals surface area contributed by atoms with E-state index in [4.69, 9.17) is 23.2 Å². The fourth-order valence-corrected chi connectivity index (χ4v) is 2.08. The third-order valence-electron chi connectivity index (χ3n) is 2.76. The molecule has 1 N–H and O–H groups in total. The van der Waals surface area contributed by atoms with Gasteiger partial charge >= 0.3 is 0 Å². The SMILES string of the molecule is OC(Cc1ccc(Cl)c(Cl)c1)CC1CC1. The maximum atomic E-state index is 9.80. The summed E-state index contributed by atoms with van der Waals surface area (Å²) in [6, 6.07) is 5.54. The molecule has 1 aromatic carbocycles. The van der Waals surface area contributed by atoms with Crippen molar-refractivity contribution in [1.82, 2.24) is 0 Å². The molecule has 0 bridgehead atoms. The number of aliphatic hydroxyl groups is 1. The predicted octanol–water partition coefficient (Wildman–Crippen LogP) is 3.70. The molecule has 3 heteroatoms. The summed E-state index contributed by atoms with van der Waals surface area (Å²) in [7, 11) is 0. The maximum absolute atomic E-state index is 9.80. The van der Waals surface area contributed by atoms with E-state index in [0.29, 0.717) is 16.5 Å². The Morgan fingerprint density at radius 3 is 2.60 bits per heavy atom. The first-order valence-electron chi connectivity index (χ1n) is 5.27. The highest BCUT2D eigenvalue weighted by Crippen LogP contribution is 2.34. The number of hydrogen-bond donors (Lipinski definition) is 1. The normalized spacial score (nSPS) is 17.8. The van der Waals surface area contributed by atoms with E-state index in [-0.39, 0.29) is 6.10 Å². The van der Waals surface area contributed by atoms with E-state index in [9.17, 15) is 5.11 Å². The largest absolute Gasteiger partial charge is 0.393 e. The minimum Gasteiger partial charge on any atom is -0.393 e. The summed E-state index contributed by atoms with van der Waals surface area (Å²) in [4.78, 5) is 0. The van der Waals surface area contributed by atoms with Crippen molar-refractivity contribution in [1.29, 1.82) is 0 Å². The highest BCUT2D eigenvalue weighted by molar-refractivity contribution is 6.42. The van der Waals surface area contributed by atoms with Crippen molar-refractivity contribution in [3.05, 3.63) is 33.8 Å². The molecule has 2 rings (SSSR count). The fraction of sp³-hybridized carbons (Fsp3) is 0.500. The Bertz CT molecular complexity index is 347. The van der Waals surface area contributed by atoms with Crippen molar-refractivity contribution in [3.8, 4) is 0 Å². The molecule has 0 amide bonds. The Balaban J connectivity index is 1.93. The molecule has 1 nitrogen and oxygen atoms in total. The summed E-state index contributed by atoms with van der Waals surface area (Å²) in [5.74, 6) is 0.753.